The zero-order valence-corrected chi connectivity index (χ0v) is 16.5. The summed E-state index contributed by atoms with van der Waals surface area (Å²) in [5.41, 5.74) is 0.244. The average Bonchev–Trinajstić information content (AvgIpc) is 2.75. The first-order valence-electron chi connectivity index (χ1n) is 9.74. The Morgan fingerprint density at radius 3 is 2.59 bits per heavy atom. The fourth-order valence-electron chi connectivity index (χ4n) is 4.83. The molecule has 1 aliphatic carbocycles. The Balaban J connectivity index is 1.44. The molecule has 1 aromatic heterocycles. The third kappa shape index (κ3) is 3.17. The van der Waals surface area contributed by atoms with Gasteiger partial charge in [-0.15, -0.1) is 0 Å². The van der Waals surface area contributed by atoms with Crippen molar-refractivity contribution in [2.24, 2.45) is 4.40 Å². The number of rotatable bonds is 3. The molecule has 1 aromatic carbocycles. The number of aromatic nitrogens is 1. The molecule has 2 bridgehead atoms. The summed E-state index contributed by atoms with van der Waals surface area (Å²) >= 11 is 1.63. The lowest BCUT2D eigenvalue weighted by Crippen LogP contribution is -2.61. The van der Waals surface area contributed by atoms with Gasteiger partial charge in [0.1, 0.15) is 17.1 Å². The van der Waals surface area contributed by atoms with Crippen LogP contribution in [0.1, 0.15) is 36.8 Å². The molecule has 2 saturated heterocycles. The predicted molar refractivity (Wildman–Crippen MR) is 106 cm³/mol. The highest BCUT2D eigenvalue weighted by atomic mass is 32.2. The van der Waals surface area contributed by atoms with Crippen molar-refractivity contribution < 1.29 is 17.9 Å². The molecule has 1 saturated carbocycles. The molecule has 4 aliphatic rings. The van der Waals surface area contributed by atoms with Gasteiger partial charge >= 0.3 is 6.18 Å². The van der Waals surface area contributed by atoms with E-state index in [0.717, 1.165) is 62.0 Å². The molecular formula is C21H20F3N3OS. The van der Waals surface area contributed by atoms with Gasteiger partial charge in [0.05, 0.1) is 11.6 Å². The number of piperidine rings is 2. The van der Waals surface area contributed by atoms with Crippen molar-refractivity contribution in [3.63, 3.8) is 0 Å². The Morgan fingerprint density at radius 2 is 1.86 bits per heavy atom. The van der Waals surface area contributed by atoms with Crippen LogP contribution in [0.5, 0.6) is 11.5 Å². The van der Waals surface area contributed by atoms with Gasteiger partial charge in [0.15, 0.2) is 5.75 Å². The van der Waals surface area contributed by atoms with Gasteiger partial charge in [-0.3, -0.25) is 4.98 Å². The van der Waals surface area contributed by atoms with E-state index < -0.39 is 11.7 Å². The van der Waals surface area contributed by atoms with Crippen molar-refractivity contribution in [1.82, 2.24) is 9.88 Å². The molecule has 29 heavy (non-hydrogen) atoms. The highest BCUT2D eigenvalue weighted by Gasteiger charge is 2.51. The minimum Gasteiger partial charge on any atom is -0.455 e. The van der Waals surface area contributed by atoms with Crippen molar-refractivity contribution in [2.75, 3.05) is 12.3 Å². The summed E-state index contributed by atoms with van der Waals surface area (Å²) in [5, 5.41) is 0. The normalized spacial score (nSPS) is 26.1. The topological polar surface area (TPSA) is 37.7 Å². The number of ether oxygens (including phenoxy) is 1. The van der Waals surface area contributed by atoms with Crippen molar-refractivity contribution in [3.8, 4) is 11.5 Å². The van der Waals surface area contributed by atoms with E-state index in [1.807, 2.05) is 12.1 Å². The fourth-order valence-corrected chi connectivity index (χ4v) is 5.61. The van der Waals surface area contributed by atoms with Crippen molar-refractivity contribution >= 4 is 17.8 Å². The number of nitrogens with zero attached hydrogens (tertiary/aromatic N) is 3. The smallest absolute Gasteiger partial charge is 0.420 e. The lowest BCUT2D eigenvalue weighted by molar-refractivity contribution is -0.138. The number of hydrogen-bond acceptors (Lipinski definition) is 5. The van der Waals surface area contributed by atoms with E-state index in [2.05, 4.69) is 9.88 Å². The van der Waals surface area contributed by atoms with E-state index in [-0.39, 0.29) is 11.2 Å². The Labute approximate surface area is 171 Å². The second kappa shape index (κ2) is 6.93. The number of benzene rings is 1. The highest BCUT2D eigenvalue weighted by Crippen LogP contribution is 2.50. The van der Waals surface area contributed by atoms with E-state index in [0.29, 0.717) is 11.8 Å². The number of amidine groups is 1. The number of fused-ring (bicyclic) bond motifs is 2. The van der Waals surface area contributed by atoms with Gasteiger partial charge in [-0.05, 0) is 61.4 Å². The van der Waals surface area contributed by atoms with Gasteiger partial charge in [0.25, 0.3) is 0 Å². The third-order valence-electron chi connectivity index (χ3n) is 6.25. The van der Waals surface area contributed by atoms with Gasteiger partial charge in [0, 0.05) is 24.5 Å². The lowest BCUT2D eigenvalue weighted by Gasteiger charge is -2.55. The second-order valence-electron chi connectivity index (χ2n) is 7.75. The summed E-state index contributed by atoms with van der Waals surface area (Å²) in [6.07, 6.45) is 2.18. The first kappa shape index (κ1) is 18.8. The van der Waals surface area contributed by atoms with Crippen LogP contribution in [0.3, 0.4) is 0 Å². The van der Waals surface area contributed by atoms with Crippen LogP contribution in [0.15, 0.2) is 47.1 Å². The van der Waals surface area contributed by atoms with Gasteiger partial charge in [-0.25, -0.2) is 4.40 Å². The minimum absolute atomic E-state index is 0.0911. The molecule has 0 spiro atoms. The van der Waals surface area contributed by atoms with E-state index in [4.69, 9.17) is 9.13 Å². The maximum Gasteiger partial charge on any atom is 0.420 e. The van der Waals surface area contributed by atoms with E-state index in [9.17, 15) is 13.2 Å². The molecule has 0 unspecified atom stereocenters. The Morgan fingerprint density at radius 1 is 1.10 bits per heavy atom. The van der Waals surface area contributed by atoms with Crippen LogP contribution in [-0.2, 0) is 11.6 Å². The predicted octanol–water partition coefficient (Wildman–Crippen LogP) is 5.45. The van der Waals surface area contributed by atoms with Crippen molar-refractivity contribution in [3.05, 3.63) is 53.9 Å². The molecule has 6 rings (SSSR count). The molecule has 4 nitrogen and oxygen atoms in total. The number of pyridine rings is 1. The van der Waals surface area contributed by atoms with Gasteiger partial charge in [-0.2, -0.15) is 13.2 Å². The summed E-state index contributed by atoms with van der Waals surface area (Å²) in [5.74, 6) is 2.28. The molecule has 8 heteroatoms. The van der Waals surface area contributed by atoms with Crippen LogP contribution >= 0.6 is 11.9 Å². The van der Waals surface area contributed by atoms with Crippen LogP contribution in [0, 0.1) is 0 Å². The Kier molecular flexibility index (Phi) is 4.49. The summed E-state index contributed by atoms with van der Waals surface area (Å²) in [6.45, 7) is 1.04. The standard InChI is InChI=1S/C21H20F3N3OS/c22-21(23,24)17-7-10-25-13-18(17)28-16-3-1-14(2-4-16)20-8-5-15(6-9-20)27-11-12-29-26-19(20)27/h1-4,7,10,13,15H,5-6,8-9,11-12H2. The first-order chi connectivity index (χ1) is 14.0. The fraction of sp³-hybridized carbons (Fsp3) is 0.429. The number of halogens is 3. The van der Waals surface area contributed by atoms with Crippen LogP contribution in [0.4, 0.5) is 13.2 Å². The Hall–Kier alpha value is -2.22. The van der Waals surface area contributed by atoms with Crippen LogP contribution in [-0.4, -0.2) is 34.1 Å². The molecule has 4 heterocycles. The first-order valence-corrected chi connectivity index (χ1v) is 10.7. The lowest BCUT2D eigenvalue weighted by atomic mass is 9.63. The quantitative estimate of drug-likeness (QED) is 0.620. The molecular weight excluding hydrogens is 399 g/mol. The third-order valence-corrected chi connectivity index (χ3v) is 6.92. The van der Waals surface area contributed by atoms with Gasteiger partial charge in [-0.1, -0.05) is 12.1 Å². The maximum absolute atomic E-state index is 13.2. The van der Waals surface area contributed by atoms with Crippen molar-refractivity contribution in [1.29, 1.82) is 0 Å². The molecule has 3 fully saturated rings. The molecule has 3 aliphatic heterocycles. The zero-order chi connectivity index (χ0) is 20.1. The monoisotopic (exact) mass is 419 g/mol. The molecule has 0 N–H and O–H groups in total. The van der Waals surface area contributed by atoms with Gasteiger partial charge < -0.3 is 9.64 Å². The van der Waals surface area contributed by atoms with Crippen LogP contribution in [0.2, 0.25) is 0 Å². The van der Waals surface area contributed by atoms with E-state index >= 15 is 0 Å². The SMILES string of the molecule is FC(F)(F)c1ccncc1Oc1ccc(C23CCC(CC2)N2CCSN=C23)cc1. The highest BCUT2D eigenvalue weighted by molar-refractivity contribution is 7.98. The summed E-state index contributed by atoms with van der Waals surface area (Å²) in [7, 11) is 0. The molecule has 0 radical (unpaired) electrons. The van der Waals surface area contributed by atoms with Crippen molar-refractivity contribution in [2.45, 2.75) is 43.3 Å². The zero-order valence-electron chi connectivity index (χ0n) is 15.7. The molecule has 0 amide bonds. The van der Waals surface area contributed by atoms with Gasteiger partial charge in [0.2, 0.25) is 0 Å². The molecule has 0 atom stereocenters. The average molecular weight is 419 g/mol. The summed E-state index contributed by atoms with van der Waals surface area (Å²) in [4.78, 5) is 6.24. The minimum atomic E-state index is -4.49. The van der Waals surface area contributed by atoms with E-state index in [1.54, 1.807) is 24.1 Å². The van der Waals surface area contributed by atoms with E-state index in [1.165, 1.54) is 5.84 Å². The van der Waals surface area contributed by atoms with Crippen LogP contribution in [0.25, 0.3) is 0 Å². The molecule has 152 valence electrons. The summed E-state index contributed by atoms with van der Waals surface area (Å²) < 4.78 is 49.9. The summed E-state index contributed by atoms with van der Waals surface area (Å²) in [6, 6.07) is 8.98. The number of alkyl halides is 3. The molecule has 2 aromatic rings. The largest absolute Gasteiger partial charge is 0.455 e. The maximum atomic E-state index is 13.2. The number of hydrogen-bond donors (Lipinski definition) is 0. The van der Waals surface area contributed by atoms with Crippen LogP contribution < -0.4 is 4.74 Å². The Bertz CT molecular complexity index is 937. The second-order valence-corrected chi connectivity index (χ2v) is 8.60.